The van der Waals surface area contributed by atoms with Gasteiger partial charge in [-0.2, -0.15) is 5.10 Å². The highest BCUT2D eigenvalue weighted by Gasteiger charge is 2.31. The molecule has 0 saturated carbocycles. The molecule has 27 heavy (non-hydrogen) atoms. The molecule has 1 N–H and O–H groups in total. The Morgan fingerprint density at radius 2 is 1.78 bits per heavy atom. The van der Waals surface area contributed by atoms with Crippen molar-refractivity contribution in [2.24, 2.45) is 0 Å². The summed E-state index contributed by atoms with van der Waals surface area (Å²) in [5.74, 6) is -2.41. The molecule has 1 amide bonds. The first-order valence-electron chi connectivity index (χ1n) is 8.36. The van der Waals surface area contributed by atoms with Crippen LogP contribution in [0.2, 0.25) is 5.02 Å². The van der Waals surface area contributed by atoms with E-state index in [0.717, 1.165) is 5.56 Å². The minimum absolute atomic E-state index is 0.0698. The lowest BCUT2D eigenvalue weighted by molar-refractivity contribution is -0.157. The van der Waals surface area contributed by atoms with Crippen LogP contribution in [0.15, 0.2) is 36.7 Å². The van der Waals surface area contributed by atoms with Gasteiger partial charge in [0.15, 0.2) is 0 Å². The third-order valence-electron chi connectivity index (χ3n) is 3.51. The van der Waals surface area contributed by atoms with Gasteiger partial charge in [-0.25, -0.2) is 9.59 Å². The number of halogens is 1. The summed E-state index contributed by atoms with van der Waals surface area (Å²) in [6.45, 7) is 3.70. The number of benzene rings is 1. The SMILES string of the molecule is CCOC(=O)C(NC(=O)c1cnn(Cc2ccccc2Cl)c1)C(=O)OCC. The van der Waals surface area contributed by atoms with E-state index in [1.165, 1.54) is 17.1 Å². The molecule has 9 heteroatoms. The topological polar surface area (TPSA) is 99.5 Å². The van der Waals surface area contributed by atoms with Crippen molar-refractivity contribution in [3.63, 3.8) is 0 Å². The number of aromatic nitrogens is 2. The summed E-state index contributed by atoms with van der Waals surface area (Å²) in [6, 6.07) is 5.74. The maximum atomic E-state index is 12.4. The Bertz CT molecular complexity index is 803. The van der Waals surface area contributed by atoms with Crippen LogP contribution < -0.4 is 5.32 Å². The number of nitrogens with zero attached hydrogens (tertiary/aromatic N) is 2. The van der Waals surface area contributed by atoms with Gasteiger partial charge in [0.2, 0.25) is 6.04 Å². The summed E-state index contributed by atoms with van der Waals surface area (Å²) in [5.41, 5.74) is 1.02. The second-order valence-corrected chi connectivity index (χ2v) is 5.84. The Labute approximate surface area is 161 Å². The van der Waals surface area contributed by atoms with Crippen molar-refractivity contribution in [1.29, 1.82) is 0 Å². The van der Waals surface area contributed by atoms with Crippen molar-refractivity contribution in [1.82, 2.24) is 15.1 Å². The number of amides is 1. The van der Waals surface area contributed by atoms with E-state index in [-0.39, 0.29) is 18.8 Å². The number of hydrogen-bond acceptors (Lipinski definition) is 6. The molecule has 0 unspecified atom stereocenters. The average molecular weight is 394 g/mol. The Morgan fingerprint density at radius 1 is 1.15 bits per heavy atom. The monoisotopic (exact) mass is 393 g/mol. The van der Waals surface area contributed by atoms with Crippen LogP contribution in [0, 0.1) is 0 Å². The lowest BCUT2D eigenvalue weighted by Crippen LogP contribution is -2.48. The Balaban J connectivity index is 2.09. The highest BCUT2D eigenvalue weighted by atomic mass is 35.5. The van der Waals surface area contributed by atoms with Crippen LogP contribution in [0.5, 0.6) is 0 Å². The van der Waals surface area contributed by atoms with Crippen molar-refractivity contribution in [2.75, 3.05) is 13.2 Å². The number of ether oxygens (including phenoxy) is 2. The van der Waals surface area contributed by atoms with Crippen LogP contribution in [0.4, 0.5) is 0 Å². The van der Waals surface area contributed by atoms with Crippen LogP contribution in [0.3, 0.4) is 0 Å². The molecule has 2 aromatic rings. The minimum atomic E-state index is -1.54. The first-order valence-corrected chi connectivity index (χ1v) is 8.74. The average Bonchev–Trinajstić information content (AvgIpc) is 3.10. The molecule has 1 aromatic carbocycles. The summed E-state index contributed by atoms with van der Waals surface area (Å²) in [5, 5.41) is 7.02. The van der Waals surface area contributed by atoms with Crippen molar-refractivity contribution >= 4 is 29.4 Å². The van der Waals surface area contributed by atoms with Crippen molar-refractivity contribution < 1.29 is 23.9 Å². The molecule has 1 heterocycles. The standard InChI is InChI=1S/C18H20ClN3O5/c1-3-26-17(24)15(18(25)27-4-2)21-16(23)13-9-20-22(11-13)10-12-7-5-6-8-14(12)19/h5-9,11,15H,3-4,10H2,1-2H3,(H,21,23). The summed E-state index contributed by atoms with van der Waals surface area (Å²) in [7, 11) is 0. The van der Waals surface area contributed by atoms with Gasteiger partial charge in [-0.15, -0.1) is 0 Å². The van der Waals surface area contributed by atoms with E-state index >= 15 is 0 Å². The summed E-state index contributed by atoms with van der Waals surface area (Å²) >= 11 is 6.12. The largest absolute Gasteiger partial charge is 0.464 e. The molecule has 2 rings (SSSR count). The second-order valence-electron chi connectivity index (χ2n) is 5.43. The molecule has 144 valence electrons. The molecule has 0 spiro atoms. The molecule has 0 fully saturated rings. The lowest BCUT2D eigenvalue weighted by Gasteiger charge is -2.15. The molecule has 0 aliphatic rings. The fourth-order valence-electron chi connectivity index (χ4n) is 2.25. The summed E-state index contributed by atoms with van der Waals surface area (Å²) in [4.78, 5) is 36.3. The van der Waals surface area contributed by atoms with Gasteiger partial charge in [0.1, 0.15) is 0 Å². The molecule has 0 radical (unpaired) electrons. The normalized spacial score (nSPS) is 10.5. The number of hydrogen-bond donors (Lipinski definition) is 1. The Morgan fingerprint density at radius 3 is 2.37 bits per heavy atom. The zero-order valence-corrected chi connectivity index (χ0v) is 15.7. The summed E-state index contributed by atoms with van der Waals surface area (Å²) < 4.78 is 11.2. The van der Waals surface area contributed by atoms with Crippen LogP contribution in [-0.4, -0.2) is 46.9 Å². The van der Waals surface area contributed by atoms with Gasteiger partial charge >= 0.3 is 11.9 Å². The number of rotatable bonds is 8. The van der Waals surface area contributed by atoms with Crippen LogP contribution in [0.1, 0.15) is 29.8 Å². The van der Waals surface area contributed by atoms with Gasteiger partial charge < -0.3 is 14.8 Å². The predicted octanol–water partition coefficient (Wildman–Crippen LogP) is 1.81. The Kier molecular flexibility index (Phi) is 7.36. The maximum absolute atomic E-state index is 12.4. The van der Waals surface area contributed by atoms with E-state index in [4.69, 9.17) is 21.1 Å². The number of esters is 2. The molecule has 0 saturated heterocycles. The van der Waals surface area contributed by atoms with Gasteiger partial charge in [-0.1, -0.05) is 29.8 Å². The zero-order chi connectivity index (χ0) is 19.8. The van der Waals surface area contributed by atoms with Gasteiger partial charge in [-0.05, 0) is 25.5 Å². The fraction of sp³-hybridized carbons (Fsp3) is 0.333. The molecular weight excluding hydrogens is 374 g/mol. The second kappa shape index (κ2) is 9.72. The Hall–Kier alpha value is -2.87. The van der Waals surface area contributed by atoms with Crippen LogP contribution in [0.25, 0.3) is 0 Å². The molecule has 1 aromatic heterocycles. The molecule has 0 aliphatic heterocycles. The van der Waals surface area contributed by atoms with E-state index in [2.05, 4.69) is 10.4 Å². The number of carbonyl (C=O) groups is 3. The van der Waals surface area contributed by atoms with Crippen molar-refractivity contribution in [3.8, 4) is 0 Å². The van der Waals surface area contributed by atoms with Gasteiger partial charge in [0.25, 0.3) is 5.91 Å². The van der Waals surface area contributed by atoms with Gasteiger partial charge in [-0.3, -0.25) is 9.48 Å². The molecule has 8 nitrogen and oxygen atoms in total. The van der Waals surface area contributed by atoms with Crippen LogP contribution >= 0.6 is 11.6 Å². The van der Waals surface area contributed by atoms with Gasteiger partial charge in [0.05, 0.1) is 31.5 Å². The zero-order valence-electron chi connectivity index (χ0n) is 15.0. The highest BCUT2D eigenvalue weighted by Crippen LogP contribution is 2.16. The maximum Gasteiger partial charge on any atom is 0.340 e. The van der Waals surface area contributed by atoms with E-state index < -0.39 is 23.9 Å². The third kappa shape index (κ3) is 5.55. The van der Waals surface area contributed by atoms with Gasteiger partial charge in [0, 0.05) is 11.2 Å². The number of nitrogens with one attached hydrogen (secondary N) is 1. The first kappa shape index (κ1) is 20.4. The fourth-order valence-corrected chi connectivity index (χ4v) is 2.44. The van der Waals surface area contributed by atoms with Crippen molar-refractivity contribution in [2.45, 2.75) is 26.4 Å². The smallest absolute Gasteiger partial charge is 0.340 e. The molecule has 0 atom stereocenters. The lowest BCUT2D eigenvalue weighted by atomic mass is 10.2. The number of carbonyl (C=O) groups excluding carboxylic acids is 3. The quantitative estimate of drug-likeness (QED) is 0.542. The summed E-state index contributed by atoms with van der Waals surface area (Å²) in [6.07, 6.45) is 2.82. The molecule has 0 bridgehead atoms. The first-order chi connectivity index (χ1) is 13.0. The van der Waals surface area contributed by atoms with E-state index in [9.17, 15) is 14.4 Å². The van der Waals surface area contributed by atoms with Crippen LogP contribution in [-0.2, 0) is 25.6 Å². The predicted molar refractivity (Wildman–Crippen MR) is 97.3 cm³/mol. The molecule has 0 aliphatic carbocycles. The minimum Gasteiger partial charge on any atom is -0.464 e. The van der Waals surface area contributed by atoms with Crippen molar-refractivity contribution in [3.05, 3.63) is 52.8 Å². The third-order valence-corrected chi connectivity index (χ3v) is 3.87. The highest BCUT2D eigenvalue weighted by molar-refractivity contribution is 6.31. The molecular formula is C18H20ClN3O5. The van der Waals surface area contributed by atoms with E-state index in [1.807, 2.05) is 18.2 Å². The van der Waals surface area contributed by atoms with E-state index in [0.29, 0.717) is 11.6 Å². The van der Waals surface area contributed by atoms with E-state index in [1.54, 1.807) is 19.9 Å².